The Hall–Kier alpha value is -1.67. The van der Waals surface area contributed by atoms with Gasteiger partial charge in [-0.1, -0.05) is 0 Å². The molecule has 0 aliphatic heterocycles. The average molecular weight is 277 g/mol. The highest BCUT2D eigenvalue weighted by atomic mass is 32.2. The Morgan fingerprint density at radius 1 is 1.63 bits per heavy atom. The van der Waals surface area contributed by atoms with Crippen LogP contribution < -0.4 is 0 Å². The third-order valence-electron chi connectivity index (χ3n) is 3.04. The zero-order chi connectivity index (χ0) is 13.6. The van der Waals surface area contributed by atoms with Crippen LogP contribution in [0.1, 0.15) is 25.0 Å². The van der Waals surface area contributed by atoms with Crippen molar-refractivity contribution in [1.82, 2.24) is 0 Å². The van der Waals surface area contributed by atoms with Crippen molar-refractivity contribution in [2.45, 2.75) is 25.0 Å². The fourth-order valence-electron chi connectivity index (χ4n) is 1.62. The number of thioether (sulfide) groups is 1. The second kappa shape index (κ2) is 6.48. The van der Waals surface area contributed by atoms with Gasteiger partial charge in [0.15, 0.2) is 0 Å². The molecule has 0 unspecified atom stereocenters. The smallest absolute Gasteiger partial charge is 0.331 e. The molecule has 1 aliphatic rings. The normalized spacial score (nSPS) is 16.2. The van der Waals surface area contributed by atoms with Crippen LogP contribution in [0.5, 0.6) is 0 Å². The summed E-state index contributed by atoms with van der Waals surface area (Å²) in [6.07, 6.45) is 5.46. The summed E-state index contributed by atoms with van der Waals surface area (Å²) in [6, 6.07) is 5.86. The molecule has 1 heterocycles. The first-order valence-electron chi connectivity index (χ1n) is 6.08. The van der Waals surface area contributed by atoms with Gasteiger partial charge in [-0.05, 0) is 30.4 Å². The molecular formula is C14H15NO3S. The van der Waals surface area contributed by atoms with Crippen molar-refractivity contribution in [3.05, 3.63) is 35.6 Å². The van der Waals surface area contributed by atoms with E-state index in [9.17, 15) is 4.79 Å². The molecule has 1 aliphatic carbocycles. The van der Waals surface area contributed by atoms with Crippen LogP contribution in [0.15, 0.2) is 34.3 Å². The van der Waals surface area contributed by atoms with Crippen molar-refractivity contribution >= 4 is 17.7 Å². The molecule has 1 aromatic heterocycles. The first kappa shape index (κ1) is 13.8. The molecule has 0 N–H and O–H groups in total. The quantitative estimate of drug-likeness (QED) is 0.565. The highest BCUT2D eigenvalue weighted by Crippen LogP contribution is 2.48. The van der Waals surface area contributed by atoms with Gasteiger partial charge in [0.1, 0.15) is 5.76 Å². The Morgan fingerprint density at radius 2 is 2.47 bits per heavy atom. The number of hydrogen-bond donors (Lipinski definition) is 0. The SMILES string of the molecule is N#CCC1(COC(=O)/C=C/SCc2ccco2)CC1. The summed E-state index contributed by atoms with van der Waals surface area (Å²) >= 11 is 1.47. The minimum Gasteiger partial charge on any atom is -0.468 e. The number of furan rings is 1. The molecule has 0 saturated heterocycles. The summed E-state index contributed by atoms with van der Waals surface area (Å²) in [5.74, 6) is 1.21. The zero-order valence-corrected chi connectivity index (χ0v) is 11.3. The van der Waals surface area contributed by atoms with Crippen molar-refractivity contribution < 1.29 is 13.9 Å². The minimum atomic E-state index is -0.351. The van der Waals surface area contributed by atoms with Crippen LogP contribution in [-0.2, 0) is 15.3 Å². The Bertz CT molecular complexity index is 483. The van der Waals surface area contributed by atoms with E-state index in [2.05, 4.69) is 6.07 Å². The monoisotopic (exact) mass is 277 g/mol. The third kappa shape index (κ3) is 4.49. The summed E-state index contributed by atoms with van der Waals surface area (Å²) in [7, 11) is 0. The number of nitriles is 1. The van der Waals surface area contributed by atoms with Crippen molar-refractivity contribution in [3.63, 3.8) is 0 Å². The van der Waals surface area contributed by atoms with Gasteiger partial charge < -0.3 is 9.15 Å². The Balaban J connectivity index is 1.63. The van der Waals surface area contributed by atoms with E-state index in [4.69, 9.17) is 14.4 Å². The van der Waals surface area contributed by atoms with Gasteiger partial charge in [-0.2, -0.15) is 5.26 Å². The fraction of sp³-hybridized carbons (Fsp3) is 0.429. The number of carbonyl (C=O) groups is 1. The van der Waals surface area contributed by atoms with Crippen LogP contribution in [0.3, 0.4) is 0 Å². The van der Waals surface area contributed by atoms with Gasteiger partial charge in [0.05, 0.1) is 24.7 Å². The summed E-state index contributed by atoms with van der Waals surface area (Å²) < 4.78 is 10.3. The zero-order valence-electron chi connectivity index (χ0n) is 10.5. The molecule has 0 spiro atoms. The molecule has 100 valence electrons. The van der Waals surface area contributed by atoms with Crippen LogP contribution in [0.2, 0.25) is 0 Å². The van der Waals surface area contributed by atoms with Crippen LogP contribution in [0.25, 0.3) is 0 Å². The van der Waals surface area contributed by atoms with Crippen molar-refractivity contribution in [1.29, 1.82) is 5.26 Å². The van der Waals surface area contributed by atoms with E-state index in [0.29, 0.717) is 18.8 Å². The first-order valence-corrected chi connectivity index (χ1v) is 7.13. The first-order chi connectivity index (χ1) is 9.24. The lowest BCUT2D eigenvalue weighted by molar-refractivity contribution is -0.139. The highest BCUT2D eigenvalue weighted by molar-refractivity contribution is 8.01. The summed E-state index contributed by atoms with van der Waals surface area (Å²) in [4.78, 5) is 11.5. The van der Waals surface area contributed by atoms with Gasteiger partial charge in [-0.3, -0.25) is 0 Å². The third-order valence-corrected chi connectivity index (χ3v) is 3.82. The lowest BCUT2D eigenvalue weighted by Gasteiger charge is -2.09. The summed E-state index contributed by atoms with van der Waals surface area (Å²) in [5.41, 5.74) is -0.0560. The van der Waals surface area contributed by atoms with Crippen LogP contribution in [-0.4, -0.2) is 12.6 Å². The van der Waals surface area contributed by atoms with Gasteiger partial charge in [0.25, 0.3) is 0 Å². The van der Waals surface area contributed by atoms with Crippen molar-refractivity contribution in [2.75, 3.05) is 6.61 Å². The van der Waals surface area contributed by atoms with E-state index in [1.54, 1.807) is 11.7 Å². The van der Waals surface area contributed by atoms with E-state index in [1.807, 2.05) is 12.1 Å². The molecule has 0 bridgehead atoms. The lowest BCUT2D eigenvalue weighted by Crippen LogP contribution is -2.13. The molecule has 5 heteroatoms. The fourth-order valence-corrected chi connectivity index (χ4v) is 2.25. The standard InChI is InChI=1S/C14H15NO3S/c15-7-6-14(4-5-14)11-18-13(16)3-9-19-10-12-2-1-8-17-12/h1-3,8-9H,4-6,10-11H2/b9-3+. The number of nitrogens with zero attached hydrogens (tertiary/aromatic N) is 1. The maximum Gasteiger partial charge on any atom is 0.331 e. The topological polar surface area (TPSA) is 63.2 Å². The second-order valence-corrected chi connectivity index (χ2v) is 5.53. The predicted octanol–water partition coefficient (Wildman–Crippen LogP) is 3.26. The molecule has 0 aromatic carbocycles. The van der Waals surface area contributed by atoms with Crippen molar-refractivity contribution in [2.24, 2.45) is 5.41 Å². The molecular weight excluding hydrogens is 262 g/mol. The summed E-state index contributed by atoms with van der Waals surface area (Å²) in [5, 5.41) is 10.4. The summed E-state index contributed by atoms with van der Waals surface area (Å²) in [6.45, 7) is 0.354. The molecule has 2 rings (SSSR count). The molecule has 19 heavy (non-hydrogen) atoms. The lowest BCUT2D eigenvalue weighted by atomic mass is 10.1. The molecule has 0 radical (unpaired) electrons. The Labute approximate surface area is 116 Å². The van der Waals surface area contributed by atoms with E-state index in [1.165, 1.54) is 17.8 Å². The highest BCUT2D eigenvalue weighted by Gasteiger charge is 2.43. The molecule has 4 nitrogen and oxygen atoms in total. The maximum atomic E-state index is 11.5. The van der Waals surface area contributed by atoms with Gasteiger partial charge in [0, 0.05) is 17.9 Å². The number of esters is 1. The number of carbonyl (C=O) groups excluding carboxylic acids is 1. The van der Waals surface area contributed by atoms with Gasteiger partial charge >= 0.3 is 5.97 Å². The number of ether oxygens (including phenoxy) is 1. The van der Waals surface area contributed by atoms with Crippen LogP contribution in [0, 0.1) is 16.7 Å². The molecule has 1 fully saturated rings. The van der Waals surface area contributed by atoms with Crippen LogP contribution >= 0.6 is 11.8 Å². The van der Waals surface area contributed by atoms with E-state index in [0.717, 1.165) is 18.6 Å². The maximum absolute atomic E-state index is 11.5. The Kier molecular flexibility index (Phi) is 4.69. The van der Waals surface area contributed by atoms with Gasteiger partial charge in [-0.25, -0.2) is 4.79 Å². The van der Waals surface area contributed by atoms with Gasteiger partial charge in [0.2, 0.25) is 0 Å². The van der Waals surface area contributed by atoms with E-state index in [-0.39, 0.29) is 11.4 Å². The second-order valence-electron chi connectivity index (χ2n) is 4.64. The van der Waals surface area contributed by atoms with E-state index < -0.39 is 0 Å². The Morgan fingerprint density at radius 3 is 3.11 bits per heavy atom. The largest absolute Gasteiger partial charge is 0.468 e. The van der Waals surface area contributed by atoms with Crippen molar-refractivity contribution in [3.8, 4) is 6.07 Å². The minimum absolute atomic E-state index is 0.0560. The van der Waals surface area contributed by atoms with E-state index >= 15 is 0 Å². The molecule has 1 aromatic rings. The number of rotatable bonds is 7. The number of hydrogen-bond acceptors (Lipinski definition) is 5. The molecule has 0 amide bonds. The van der Waals surface area contributed by atoms with Crippen LogP contribution in [0.4, 0.5) is 0 Å². The van der Waals surface area contributed by atoms with Gasteiger partial charge in [-0.15, -0.1) is 11.8 Å². The predicted molar refractivity (Wildman–Crippen MR) is 72.0 cm³/mol. The molecule has 0 atom stereocenters. The average Bonchev–Trinajstić information content (AvgIpc) is 2.97. The molecule has 1 saturated carbocycles.